The lowest BCUT2D eigenvalue weighted by Crippen LogP contribution is -2.57. The van der Waals surface area contributed by atoms with Crippen molar-refractivity contribution in [2.45, 2.75) is 77.8 Å². The fraction of sp³-hybridized carbons (Fsp3) is 0.553. The minimum atomic E-state index is -0.317. The summed E-state index contributed by atoms with van der Waals surface area (Å²) in [5.41, 5.74) is 2.96. The molecule has 352 valence electrons. The van der Waals surface area contributed by atoms with Gasteiger partial charge >= 0.3 is 11.9 Å². The van der Waals surface area contributed by atoms with Crippen molar-refractivity contribution in [2.24, 2.45) is 28.2 Å². The Morgan fingerprint density at radius 3 is 1.69 bits per heavy atom. The molecule has 18 heteroatoms. The third kappa shape index (κ3) is 15.2. The Kier molecular flexibility index (Phi) is 18.0. The summed E-state index contributed by atoms with van der Waals surface area (Å²) in [6, 6.07) is 10.0. The highest BCUT2D eigenvalue weighted by molar-refractivity contribution is 5.73. The molecule has 1 aromatic carbocycles. The molecule has 4 aromatic heterocycles. The largest absolute Gasteiger partial charge is 0.464 e. The third-order valence-electron chi connectivity index (χ3n) is 12.4. The molecule has 5 heterocycles. The van der Waals surface area contributed by atoms with Gasteiger partial charge in [0.2, 0.25) is 5.91 Å². The van der Waals surface area contributed by atoms with Crippen LogP contribution in [0.5, 0.6) is 0 Å². The normalized spacial score (nSPS) is 15.7. The Morgan fingerprint density at radius 2 is 1.23 bits per heavy atom. The van der Waals surface area contributed by atoms with Crippen LogP contribution in [0, 0.1) is 0 Å². The maximum atomic E-state index is 13.1. The van der Waals surface area contributed by atoms with Gasteiger partial charge in [-0.25, -0.2) is 19.9 Å². The SMILES string of the molecule is CC(=O)OC[C@H](Cc1cn(C)cn1)N(CCN1CCN(CCN(Cc2nccn2C)[C@H](COC(C)=O)Cc2cn(C)cn2)[C@@H](CCN(Cc2ccccc2)C(C)=O)C1)Cc1nccn1C. The van der Waals surface area contributed by atoms with Crippen molar-refractivity contribution in [3.8, 4) is 0 Å². The first-order valence-electron chi connectivity index (χ1n) is 22.7. The molecule has 0 radical (unpaired) electrons. The number of aryl methyl sites for hydroxylation is 4. The summed E-state index contributed by atoms with van der Waals surface area (Å²) >= 11 is 0. The number of imidazole rings is 4. The fourth-order valence-corrected chi connectivity index (χ4v) is 8.60. The third-order valence-corrected chi connectivity index (χ3v) is 12.4. The number of benzene rings is 1. The second-order valence-electron chi connectivity index (χ2n) is 17.4. The number of nitrogens with zero attached hydrogens (tertiary/aromatic N) is 13. The molecule has 1 amide bonds. The second kappa shape index (κ2) is 24.0. The summed E-state index contributed by atoms with van der Waals surface area (Å²) in [5, 5.41) is 0. The number of carbonyl (C=O) groups excluding carboxylic acids is 3. The highest BCUT2D eigenvalue weighted by Gasteiger charge is 2.31. The lowest BCUT2D eigenvalue weighted by Gasteiger charge is -2.44. The number of ether oxygens (including phenoxy) is 2. The number of hydrogen-bond acceptors (Lipinski definition) is 13. The van der Waals surface area contributed by atoms with Gasteiger partial charge in [-0.3, -0.25) is 34.0 Å². The highest BCUT2D eigenvalue weighted by Crippen LogP contribution is 2.20. The summed E-state index contributed by atoms with van der Waals surface area (Å²) < 4.78 is 19.3. The number of piperazine rings is 1. The number of esters is 2. The monoisotopic (exact) mass is 896 g/mol. The molecule has 3 atom stereocenters. The summed E-state index contributed by atoms with van der Waals surface area (Å²) in [4.78, 5) is 67.9. The average molecular weight is 896 g/mol. The molecular weight excluding hydrogens is 827 g/mol. The molecule has 0 saturated carbocycles. The molecule has 1 saturated heterocycles. The molecule has 6 rings (SSSR count). The van der Waals surface area contributed by atoms with Gasteiger partial charge in [0.05, 0.1) is 37.1 Å². The lowest BCUT2D eigenvalue weighted by molar-refractivity contribution is -0.143. The quantitative estimate of drug-likeness (QED) is 0.0790. The van der Waals surface area contributed by atoms with Gasteiger partial charge in [0.1, 0.15) is 24.9 Å². The highest BCUT2D eigenvalue weighted by atomic mass is 16.5. The number of aromatic nitrogens is 8. The fourth-order valence-electron chi connectivity index (χ4n) is 8.60. The summed E-state index contributed by atoms with van der Waals surface area (Å²) in [6.45, 7) is 12.8. The second-order valence-corrected chi connectivity index (χ2v) is 17.4. The first-order valence-corrected chi connectivity index (χ1v) is 22.7. The number of amides is 1. The molecule has 5 aromatic rings. The molecule has 65 heavy (non-hydrogen) atoms. The zero-order valence-electron chi connectivity index (χ0n) is 39.4. The first-order chi connectivity index (χ1) is 31.3. The predicted molar refractivity (Wildman–Crippen MR) is 246 cm³/mol. The van der Waals surface area contributed by atoms with E-state index in [9.17, 15) is 14.4 Å². The Labute approximate surface area is 383 Å². The van der Waals surface area contributed by atoms with Crippen molar-refractivity contribution in [3.05, 3.63) is 109 Å². The van der Waals surface area contributed by atoms with Crippen molar-refractivity contribution in [1.82, 2.24) is 62.7 Å². The van der Waals surface area contributed by atoms with E-state index in [1.807, 2.05) is 107 Å². The topological polar surface area (TPSA) is 157 Å². The molecule has 18 nitrogen and oxygen atoms in total. The van der Waals surface area contributed by atoms with Crippen LogP contribution in [0.1, 0.15) is 55.8 Å². The van der Waals surface area contributed by atoms with E-state index in [-0.39, 0.29) is 49.2 Å². The van der Waals surface area contributed by atoms with Crippen LogP contribution in [0.3, 0.4) is 0 Å². The standard InChI is InChI=1S/C47H69N13O5/c1-37(61)58(27-40-11-9-8-10-12-40)16-13-43-30-56(20-22-59(31-46-48-14-17-54(46)6)44(33-64-38(2)62)25-41-28-52(4)35-50-41)19-21-57(43)23-24-60(32-47-49-15-18-55(47)7)45(34-65-39(3)63)26-42-29-53(5)36-51-42/h8-12,14-15,17-18,28-29,35-36,43-45H,13,16,19-27,30-34H2,1-7H3/t43-,44-,45-/m0/s1. The van der Waals surface area contributed by atoms with E-state index in [4.69, 9.17) is 9.47 Å². The molecule has 0 spiro atoms. The van der Waals surface area contributed by atoms with Gasteiger partial charge in [0, 0.05) is 176 Å². The summed E-state index contributed by atoms with van der Waals surface area (Å²) in [6.07, 6.45) is 17.2. The van der Waals surface area contributed by atoms with Crippen molar-refractivity contribution in [3.63, 3.8) is 0 Å². The molecule has 0 N–H and O–H groups in total. The van der Waals surface area contributed by atoms with Gasteiger partial charge in [-0.05, 0) is 12.0 Å². The van der Waals surface area contributed by atoms with E-state index in [2.05, 4.69) is 51.7 Å². The minimum absolute atomic E-state index is 0.0498. The average Bonchev–Trinajstić information content (AvgIpc) is 4.09. The van der Waals surface area contributed by atoms with Crippen LogP contribution in [0.2, 0.25) is 0 Å². The molecule has 0 bridgehead atoms. The number of carbonyl (C=O) groups is 3. The smallest absolute Gasteiger partial charge is 0.302 e. The summed E-state index contributed by atoms with van der Waals surface area (Å²) in [5.74, 6) is 1.26. The van der Waals surface area contributed by atoms with Crippen LogP contribution in [-0.4, -0.2) is 164 Å². The molecular formula is C47H69N13O5. The zero-order chi connectivity index (χ0) is 46.3. The lowest BCUT2D eigenvalue weighted by atomic mass is 10.1. The van der Waals surface area contributed by atoms with Gasteiger partial charge in [-0.1, -0.05) is 30.3 Å². The van der Waals surface area contributed by atoms with Gasteiger partial charge in [0.15, 0.2) is 0 Å². The maximum absolute atomic E-state index is 13.1. The van der Waals surface area contributed by atoms with E-state index < -0.39 is 0 Å². The maximum Gasteiger partial charge on any atom is 0.302 e. The van der Waals surface area contributed by atoms with Gasteiger partial charge < -0.3 is 32.6 Å². The van der Waals surface area contributed by atoms with Crippen molar-refractivity contribution in [1.29, 1.82) is 0 Å². The minimum Gasteiger partial charge on any atom is -0.464 e. The van der Waals surface area contributed by atoms with Crippen LogP contribution >= 0.6 is 0 Å². The molecule has 0 aliphatic carbocycles. The van der Waals surface area contributed by atoms with Gasteiger partial charge in [-0.2, -0.15) is 0 Å². The molecule has 1 aliphatic rings. The Morgan fingerprint density at radius 1 is 0.692 bits per heavy atom. The van der Waals surface area contributed by atoms with Crippen LogP contribution in [-0.2, 0) is 84.5 Å². The Hall–Kier alpha value is -5.69. The van der Waals surface area contributed by atoms with Crippen molar-refractivity contribution < 1.29 is 23.9 Å². The van der Waals surface area contributed by atoms with E-state index in [1.54, 1.807) is 19.6 Å². The molecule has 0 unspecified atom stereocenters. The number of rotatable bonds is 25. The van der Waals surface area contributed by atoms with Gasteiger partial charge in [-0.15, -0.1) is 0 Å². The van der Waals surface area contributed by atoms with E-state index in [0.717, 1.165) is 67.7 Å². The van der Waals surface area contributed by atoms with Crippen LogP contribution in [0.25, 0.3) is 0 Å². The van der Waals surface area contributed by atoms with Gasteiger partial charge in [0.25, 0.3) is 0 Å². The Balaban J connectivity index is 1.23. The van der Waals surface area contributed by atoms with Crippen molar-refractivity contribution in [2.75, 3.05) is 65.6 Å². The van der Waals surface area contributed by atoms with Crippen LogP contribution in [0.15, 0.2) is 80.2 Å². The summed E-state index contributed by atoms with van der Waals surface area (Å²) in [7, 11) is 7.91. The van der Waals surface area contributed by atoms with E-state index >= 15 is 0 Å². The van der Waals surface area contributed by atoms with Crippen molar-refractivity contribution >= 4 is 17.8 Å². The molecule has 1 fully saturated rings. The predicted octanol–water partition coefficient (Wildman–Crippen LogP) is 2.70. The van der Waals surface area contributed by atoms with Crippen LogP contribution < -0.4 is 0 Å². The number of hydrogen-bond donors (Lipinski definition) is 0. The van der Waals surface area contributed by atoms with E-state index in [1.165, 1.54) is 13.8 Å². The first kappa shape index (κ1) is 48.8. The molecule has 1 aliphatic heterocycles. The van der Waals surface area contributed by atoms with E-state index in [0.29, 0.717) is 52.1 Å². The Bertz CT molecular complexity index is 2230. The zero-order valence-corrected chi connectivity index (χ0v) is 39.4. The van der Waals surface area contributed by atoms with Crippen LogP contribution in [0.4, 0.5) is 0 Å².